The first kappa shape index (κ1) is 9.06. The lowest BCUT2D eigenvalue weighted by Gasteiger charge is -1.95. The van der Waals surface area contributed by atoms with Crippen LogP contribution in [0, 0.1) is 6.92 Å². The molecule has 0 saturated heterocycles. The van der Waals surface area contributed by atoms with Crippen LogP contribution in [0.25, 0.3) is 0 Å². The summed E-state index contributed by atoms with van der Waals surface area (Å²) >= 11 is 1.24. The van der Waals surface area contributed by atoms with Crippen molar-refractivity contribution in [2.75, 3.05) is 6.61 Å². The lowest BCUT2D eigenvalue weighted by Crippen LogP contribution is -2.01. The van der Waals surface area contributed by atoms with Gasteiger partial charge >= 0.3 is 5.97 Å². The highest BCUT2D eigenvalue weighted by Crippen LogP contribution is 2.27. The predicted octanol–water partition coefficient (Wildman–Crippen LogP) is 1.94. The molecule has 1 N–H and O–H groups in total. The van der Waals surface area contributed by atoms with Gasteiger partial charge in [-0.25, -0.2) is 4.79 Å². The van der Waals surface area contributed by atoms with Crippen molar-refractivity contribution in [2.24, 2.45) is 0 Å². The molecule has 0 bridgehead atoms. The van der Waals surface area contributed by atoms with E-state index in [-0.39, 0.29) is 11.7 Å². The van der Waals surface area contributed by atoms with Crippen molar-refractivity contribution >= 4 is 17.3 Å². The zero-order valence-electron chi connectivity index (χ0n) is 6.96. The average Bonchev–Trinajstić information content (AvgIpc) is 2.33. The number of ether oxygens (including phenoxy) is 1. The van der Waals surface area contributed by atoms with E-state index in [2.05, 4.69) is 0 Å². The number of aromatic hydroxyl groups is 1. The zero-order valence-corrected chi connectivity index (χ0v) is 7.77. The molecule has 0 fully saturated rings. The normalized spacial score (nSPS) is 9.83. The molecule has 0 aromatic carbocycles. The van der Waals surface area contributed by atoms with Gasteiger partial charge in [0.15, 0.2) is 0 Å². The van der Waals surface area contributed by atoms with Gasteiger partial charge in [-0.3, -0.25) is 0 Å². The van der Waals surface area contributed by atoms with E-state index < -0.39 is 0 Å². The molecule has 1 aromatic rings. The molecule has 12 heavy (non-hydrogen) atoms. The minimum Gasteiger partial charge on any atom is -0.507 e. The molecule has 0 unspecified atom stereocenters. The Morgan fingerprint density at radius 2 is 2.42 bits per heavy atom. The van der Waals surface area contributed by atoms with Crippen molar-refractivity contribution in [3.63, 3.8) is 0 Å². The molecule has 3 nitrogen and oxygen atoms in total. The van der Waals surface area contributed by atoms with E-state index >= 15 is 0 Å². The van der Waals surface area contributed by atoms with E-state index in [4.69, 9.17) is 9.84 Å². The fourth-order valence-corrected chi connectivity index (χ4v) is 1.58. The maximum Gasteiger partial charge on any atom is 0.348 e. The van der Waals surface area contributed by atoms with Crippen LogP contribution < -0.4 is 0 Å². The molecule has 0 aliphatic heterocycles. The third kappa shape index (κ3) is 1.76. The number of thiophene rings is 1. The Morgan fingerprint density at radius 3 is 2.83 bits per heavy atom. The molecule has 4 heteroatoms. The second kappa shape index (κ2) is 3.58. The third-order valence-corrected chi connectivity index (χ3v) is 2.39. The average molecular weight is 186 g/mol. The summed E-state index contributed by atoms with van der Waals surface area (Å²) in [5, 5.41) is 9.16. The van der Waals surface area contributed by atoms with Crippen molar-refractivity contribution in [1.82, 2.24) is 0 Å². The van der Waals surface area contributed by atoms with E-state index in [0.29, 0.717) is 11.5 Å². The molecule has 0 atom stereocenters. The van der Waals surface area contributed by atoms with Gasteiger partial charge in [0.25, 0.3) is 0 Å². The standard InChI is InChI=1S/C8H10O3S/c1-3-11-8(10)7-4-6(9)5(2)12-7/h4,9H,3H2,1-2H3. The van der Waals surface area contributed by atoms with Crippen molar-refractivity contribution < 1.29 is 14.6 Å². The second-order valence-electron chi connectivity index (χ2n) is 2.27. The van der Waals surface area contributed by atoms with Gasteiger partial charge in [0, 0.05) is 10.9 Å². The summed E-state index contributed by atoms with van der Waals surface area (Å²) in [7, 11) is 0. The number of esters is 1. The lowest BCUT2D eigenvalue weighted by molar-refractivity contribution is 0.0532. The second-order valence-corrected chi connectivity index (χ2v) is 3.53. The molecule has 0 spiro atoms. The number of aryl methyl sites for hydroxylation is 1. The van der Waals surface area contributed by atoms with Crippen LogP contribution in [0.3, 0.4) is 0 Å². The van der Waals surface area contributed by atoms with Crippen LogP contribution in [0.4, 0.5) is 0 Å². The summed E-state index contributed by atoms with van der Waals surface area (Å²) in [5.41, 5.74) is 0. The highest BCUT2D eigenvalue weighted by Gasteiger charge is 2.11. The summed E-state index contributed by atoms with van der Waals surface area (Å²) in [5.74, 6) is -0.214. The Hall–Kier alpha value is -1.03. The van der Waals surface area contributed by atoms with E-state index in [1.807, 2.05) is 0 Å². The predicted molar refractivity (Wildman–Crippen MR) is 46.7 cm³/mol. The fraction of sp³-hybridized carbons (Fsp3) is 0.375. The van der Waals surface area contributed by atoms with Crippen LogP contribution in [-0.4, -0.2) is 17.7 Å². The van der Waals surface area contributed by atoms with Crippen molar-refractivity contribution in [1.29, 1.82) is 0 Å². The van der Waals surface area contributed by atoms with Gasteiger partial charge in [0.1, 0.15) is 10.6 Å². The molecule has 1 aromatic heterocycles. The van der Waals surface area contributed by atoms with Gasteiger partial charge in [-0.15, -0.1) is 11.3 Å². The Kier molecular flexibility index (Phi) is 2.70. The van der Waals surface area contributed by atoms with Crippen LogP contribution in [0.5, 0.6) is 5.75 Å². The van der Waals surface area contributed by atoms with Gasteiger partial charge in [0.05, 0.1) is 6.61 Å². The van der Waals surface area contributed by atoms with Crippen LogP contribution in [0.1, 0.15) is 21.5 Å². The molecule has 1 rings (SSSR count). The van der Waals surface area contributed by atoms with Crippen LogP contribution in [0.2, 0.25) is 0 Å². The summed E-state index contributed by atoms with van der Waals surface area (Å²) < 4.78 is 4.76. The largest absolute Gasteiger partial charge is 0.507 e. The van der Waals surface area contributed by atoms with E-state index in [1.54, 1.807) is 13.8 Å². The Balaban J connectivity index is 2.82. The smallest absolute Gasteiger partial charge is 0.348 e. The number of carbonyl (C=O) groups is 1. The molecule has 0 aliphatic carbocycles. The van der Waals surface area contributed by atoms with Gasteiger partial charge in [-0.05, 0) is 13.8 Å². The van der Waals surface area contributed by atoms with Crippen molar-refractivity contribution in [3.05, 3.63) is 15.8 Å². The topological polar surface area (TPSA) is 46.5 Å². The third-order valence-electron chi connectivity index (χ3n) is 1.37. The first-order valence-electron chi connectivity index (χ1n) is 3.61. The highest BCUT2D eigenvalue weighted by molar-refractivity contribution is 7.14. The van der Waals surface area contributed by atoms with Crippen LogP contribution in [-0.2, 0) is 4.74 Å². The van der Waals surface area contributed by atoms with Gasteiger partial charge in [0.2, 0.25) is 0 Å². The van der Waals surface area contributed by atoms with Gasteiger partial charge in [-0.2, -0.15) is 0 Å². The van der Waals surface area contributed by atoms with Gasteiger partial charge < -0.3 is 9.84 Å². The number of carbonyl (C=O) groups excluding carboxylic acids is 1. The molecule has 1 heterocycles. The van der Waals surface area contributed by atoms with E-state index in [1.165, 1.54) is 17.4 Å². The minimum atomic E-state index is -0.370. The summed E-state index contributed by atoms with van der Waals surface area (Å²) in [6.45, 7) is 3.86. The summed E-state index contributed by atoms with van der Waals surface area (Å²) in [6.07, 6.45) is 0. The maximum atomic E-state index is 11.1. The van der Waals surface area contributed by atoms with Crippen molar-refractivity contribution in [2.45, 2.75) is 13.8 Å². The molecule has 0 saturated carbocycles. The molecule has 0 radical (unpaired) electrons. The number of rotatable bonds is 2. The molecule has 66 valence electrons. The summed E-state index contributed by atoms with van der Waals surface area (Å²) in [4.78, 5) is 12.3. The molecule has 0 aliphatic rings. The van der Waals surface area contributed by atoms with E-state index in [9.17, 15) is 4.79 Å². The Morgan fingerprint density at radius 1 is 1.75 bits per heavy atom. The lowest BCUT2D eigenvalue weighted by atomic mass is 10.4. The maximum absolute atomic E-state index is 11.1. The molecule has 0 amide bonds. The first-order chi connectivity index (χ1) is 5.65. The monoisotopic (exact) mass is 186 g/mol. The minimum absolute atomic E-state index is 0.156. The SMILES string of the molecule is CCOC(=O)c1cc(O)c(C)s1. The Bertz CT molecular complexity index is 271. The quantitative estimate of drug-likeness (QED) is 0.718. The molecular formula is C8H10O3S. The number of hydrogen-bond donors (Lipinski definition) is 1. The highest BCUT2D eigenvalue weighted by atomic mass is 32.1. The first-order valence-corrected chi connectivity index (χ1v) is 4.43. The van der Waals surface area contributed by atoms with Gasteiger partial charge in [-0.1, -0.05) is 0 Å². The summed E-state index contributed by atoms with van der Waals surface area (Å²) in [6, 6.07) is 1.43. The molecular weight excluding hydrogens is 176 g/mol. The fourth-order valence-electron chi connectivity index (χ4n) is 0.775. The van der Waals surface area contributed by atoms with Crippen LogP contribution in [0.15, 0.2) is 6.07 Å². The number of hydrogen-bond acceptors (Lipinski definition) is 4. The zero-order chi connectivity index (χ0) is 9.14. The van der Waals surface area contributed by atoms with Crippen LogP contribution >= 0.6 is 11.3 Å². The van der Waals surface area contributed by atoms with E-state index in [0.717, 1.165) is 4.88 Å². The van der Waals surface area contributed by atoms with Crippen molar-refractivity contribution in [3.8, 4) is 5.75 Å². The Labute approximate surface area is 74.6 Å².